The molecule has 6 nitrogen and oxygen atoms in total. The van der Waals surface area contributed by atoms with Crippen molar-refractivity contribution in [3.8, 4) is 0 Å². The van der Waals surface area contributed by atoms with E-state index in [1.807, 2.05) is 6.92 Å². The topological polar surface area (TPSA) is 84.0 Å². The van der Waals surface area contributed by atoms with Crippen molar-refractivity contribution in [2.45, 2.75) is 26.3 Å². The van der Waals surface area contributed by atoms with Gasteiger partial charge in [-0.05, 0) is 25.5 Å². The van der Waals surface area contributed by atoms with Gasteiger partial charge in [-0.3, -0.25) is 14.9 Å². The number of aryl methyl sites for hydroxylation is 1. The van der Waals surface area contributed by atoms with Gasteiger partial charge < -0.3 is 5.32 Å². The Morgan fingerprint density at radius 1 is 1.32 bits per heavy atom. The molecule has 1 aromatic heterocycles. The van der Waals surface area contributed by atoms with Crippen LogP contribution in [0.2, 0.25) is 0 Å². The molecule has 22 heavy (non-hydrogen) atoms. The Bertz CT molecular complexity index is 689. The standard InChI is InChI=1S/C14H15FN4O2S/c1-3-11-18-19-14(22-11)17-12(20)8(2)16-13(21)9-6-4-5-7-10(9)15/h4-8H,3H2,1-2H3,(H,16,21)(H,17,19,20). The van der Waals surface area contributed by atoms with Gasteiger partial charge in [0.1, 0.15) is 16.9 Å². The summed E-state index contributed by atoms with van der Waals surface area (Å²) in [5.74, 6) is -1.72. The number of hydrogen-bond donors (Lipinski definition) is 2. The minimum absolute atomic E-state index is 0.105. The Labute approximate surface area is 130 Å². The van der Waals surface area contributed by atoms with Crippen molar-refractivity contribution in [3.63, 3.8) is 0 Å². The van der Waals surface area contributed by atoms with E-state index in [4.69, 9.17) is 0 Å². The summed E-state index contributed by atoms with van der Waals surface area (Å²) >= 11 is 1.27. The van der Waals surface area contributed by atoms with Gasteiger partial charge in [-0.15, -0.1) is 10.2 Å². The molecular formula is C14H15FN4O2S. The van der Waals surface area contributed by atoms with Crippen molar-refractivity contribution in [2.75, 3.05) is 5.32 Å². The van der Waals surface area contributed by atoms with E-state index in [2.05, 4.69) is 20.8 Å². The van der Waals surface area contributed by atoms with Crippen LogP contribution in [0, 0.1) is 5.82 Å². The van der Waals surface area contributed by atoms with Crippen molar-refractivity contribution in [1.29, 1.82) is 0 Å². The number of benzene rings is 1. The van der Waals surface area contributed by atoms with E-state index in [-0.39, 0.29) is 5.56 Å². The predicted molar refractivity (Wildman–Crippen MR) is 81.2 cm³/mol. The molecule has 1 atom stereocenters. The van der Waals surface area contributed by atoms with Gasteiger partial charge in [0.15, 0.2) is 0 Å². The van der Waals surface area contributed by atoms with Crippen molar-refractivity contribution >= 4 is 28.3 Å². The number of halogens is 1. The summed E-state index contributed by atoms with van der Waals surface area (Å²) in [6.07, 6.45) is 0.729. The molecule has 0 aliphatic carbocycles. The van der Waals surface area contributed by atoms with Crippen LogP contribution in [0.4, 0.5) is 9.52 Å². The molecule has 1 aromatic carbocycles. The highest BCUT2D eigenvalue weighted by Crippen LogP contribution is 2.15. The first-order chi connectivity index (χ1) is 10.5. The highest BCUT2D eigenvalue weighted by atomic mass is 32.1. The summed E-state index contributed by atoms with van der Waals surface area (Å²) in [5, 5.41) is 13.9. The van der Waals surface area contributed by atoms with Gasteiger partial charge in [-0.2, -0.15) is 0 Å². The van der Waals surface area contributed by atoms with E-state index in [9.17, 15) is 14.0 Å². The zero-order chi connectivity index (χ0) is 16.1. The first kappa shape index (κ1) is 16.0. The Morgan fingerprint density at radius 2 is 2.05 bits per heavy atom. The number of hydrogen-bond acceptors (Lipinski definition) is 5. The Kier molecular flexibility index (Phi) is 5.16. The first-order valence-electron chi connectivity index (χ1n) is 6.70. The molecular weight excluding hydrogens is 307 g/mol. The fourth-order valence-electron chi connectivity index (χ4n) is 1.65. The zero-order valence-electron chi connectivity index (χ0n) is 12.1. The van der Waals surface area contributed by atoms with Crippen LogP contribution in [0.15, 0.2) is 24.3 Å². The minimum atomic E-state index is -0.832. The normalized spacial score (nSPS) is 11.8. The lowest BCUT2D eigenvalue weighted by Crippen LogP contribution is -2.41. The van der Waals surface area contributed by atoms with Crippen molar-refractivity contribution < 1.29 is 14.0 Å². The maximum atomic E-state index is 13.5. The molecule has 0 fully saturated rings. The predicted octanol–water partition coefficient (Wildman–Crippen LogP) is 2.00. The van der Waals surface area contributed by atoms with Crippen LogP contribution in [-0.4, -0.2) is 28.1 Å². The molecule has 0 spiro atoms. The van der Waals surface area contributed by atoms with Gasteiger partial charge in [0.05, 0.1) is 5.56 Å². The summed E-state index contributed by atoms with van der Waals surface area (Å²) < 4.78 is 13.5. The van der Waals surface area contributed by atoms with Crippen molar-refractivity contribution in [1.82, 2.24) is 15.5 Å². The fourth-order valence-corrected chi connectivity index (χ4v) is 2.33. The largest absolute Gasteiger partial charge is 0.340 e. The zero-order valence-corrected chi connectivity index (χ0v) is 12.9. The molecule has 0 saturated carbocycles. The molecule has 2 aromatic rings. The van der Waals surface area contributed by atoms with E-state index in [0.29, 0.717) is 5.13 Å². The fraction of sp³-hybridized carbons (Fsp3) is 0.286. The van der Waals surface area contributed by atoms with E-state index in [0.717, 1.165) is 11.4 Å². The molecule has 2 amide bonds. The minimum Gasteiger partial charge on any atom is -0.340 e. The second-order valence-corrected chi connectivity index (χ2v) is 5.58. The molecule has 1 heterocycles. The van der Waals surface area contributed by atoms with Gasteiger partial charge in [0.2, 0.25) is 11.0 Å². The number of rotatable bonds is 5. The maximum absolute atomic E-state index is 13.5. The smallest absolute Gasteiger partial charge is 0.254 e. The number of nitrogens with one attached hydrogen (secondary N) is 2. The maximum Gasteiger partial charge on any atom is 0.254 e. The molecule has 2 N–H and O–H groups in total. The summed E-state index contributed by atoms with van der Waals surface area (Å²) in [6.45, 7) is 3.44. The molecule has 1 unspecified atom stereocenters. The van der Waals surface area contributed by atoms with Crippen LogP contribution in [-0.2, 0) is 11.2 Å². The number of anilines is 1. The molecule has 0 bridgehead atoms. The van der Waals surface area contributed by atoms with E-state index in [1.54, 1.807) is 6.07 Å². The molecule has 0 aliphatic heterocycles. The molecule has 116 valence electrons. The Morgan fingerprint density at radius 3 is 2.68 bits per heavy atom. The average Bonchev–Trinajstić information content (AvgIpc) is 2.95. The molecule has 0 saturated heterocycles. The van der Waals surface area contributed by atoms with E-state index < -0.39 is 23.7 Å². The van der Waals surface area contributed by atoms with Crippen LogP contribution >= 0.6 is 11.3 Å². The summed E-state index contributed by atoms with van der Waals surface area (Å²) in [7, 11) is 0. The lowest BCUT2D eigenvalue weighted by atomic mass is 10.2. The molecule has 2 rings (SSSR count). The highest BCUT2D eigenvalue weighted by Gasteiger charge is 2.19. The van der Waals surface area contributed by atoms with Crippen LogP contribution in [0.1, 0.15) is 29.2 Å². The van der Waals surface area contributed by atoms with Crippen LogP contribution < -0.4 is 10.6 Å². The van der Waals surface area contributed by atoms with Crippen LogP contribution in [0.25, 0.3) is 0 Å². The van der Waals surface area contributed by atoms with Gasteiger partial charge in [0.25, 0.3) is 5.91 Å². The molecule has 8 heteroatoms. The number of carbonyl (C=O) groups excluding carboxylic acids is 2. The average molecular weight is 322 g/mol. The van der Waals surface area contributed by atoms with Crippen molar-refractivity contribution in [3.05, 3.63) is 40.7 Å². The Hall–Kier alpha value is -2.35. The lowest BCUT2D eigenvalue weighted by Gasteiger charge is -2.13. The van der Waals surface area contributed by atoms with E-state index in [1.165, 1.54) is 36.5 Å². The van der Waals surface area contributed by atoms with Gasteiger partial charge in [0, 0.05) is 0 Å². The molecule has 0 radical (unpaired) electrons. The quantitative estimate of drug-likeness (QED) is 0.882. The second kappa shape index (κ2) is 7.08. The number of aromatic nitrogens is 2. The SMILES string of the molecule is CCc1nnc(NC(=O)C(C)NC(=O)c2ccccc2F)s1. The van der Waals surface area contributed by atoms with E-state index >= 15 is 0 Å². The van der Waals surface area contributed by atoms with Crippen molar-refractivity contribution in [2.24, 2.45) is 0 Å². The lowest BCUT2D eigenvalue weighted by molar-refractivity contribution is -0.117. The second-order valence-electron chi connectivity index (χ2n) is 4.52. The third-order valence-corrected chi connectivity index (χ3v) is 3.84. The van der Waals surface area contributed by atoms with Crippen LogP contribution in [0.3, 0.4) is 0 Å². The summed E-state index contributed by atoms with van der Waals surface area (Å²) in [6, 6.07) is 4.75. The van der Waals surface area contributed by atoms with Gasteiger partial charge >= 0.3 is 0 Å². The van der Waals surface area contributed by atoms with Gasteiger partial charge in [-0.25, -0.2) is 4.39 Å². The number of amides is 2. The third-order valence-electron chi connectivity index (χ3n) is 2.86. The first-order valence-corrected chi connectivity index (χ1v) is 7.51. The molecule has 0 aliphatic rings. The highest BCUT2D eigenvalue weighted by molar-refractivity contribution is 7.15. The van der Waals surface area contributed by atoms with Gasteiger partial charge in [-0.1, -0.05) is 30.4 Å². The summed E-state index contributed by atoms with van der Waals surface area (Å²) in [4.78, 5) is 23.9. The number of carbonyl (C=O) groups is 2. The monoisotopic (exact) mass is 322 g/mol. The Balaban J connectivity index is 1.96. The third kappa shape index (κ3) is 3.85. The summed E-state index contributed by atoms with van der Waals surface area (Å²) in [5.41, 5.74) is -0.105. The van der Waals surface area contributed by atoms with Crippen LogP contribution in [0.5, 0.6) is 0 Å². The number of nitrogens with zero attached hydrogens (tertiary/aromatic N) is 2.